The highest BCUT2D eigenvalue weighted by molar-refractivity contribution is 7.92. The molecule has 4 heterocycles. The van der Waals surface area contributed by atoms with Crippen LogP contribution in [0.5, 0.6) is 0 Å². The molecule has 4 rings (SSSR count). The number of hydrogen-bond donors (Lipinski definition) is 0. The van der Waals surface area contributed by atoms with Gasteiger partial charge >= 0.3 is 0 Å². The van der Waals surface area contributed by atoms with Crippen molar-refractivity contribution in [3.8, 4) is 0 Å². The number of nitrogens with zero attached hydrogens (tertiary/aromatic N) is 2. The van der Waals surface area contributed by atoms with E-state index in [1.54, 1.807) is 9.80 Å². The van der Waals surface area contributed by atoms with E-state index in [1.807, 2.05) is 0 Å². The summed E-state index contributed by atoms with van der Waals surface area (Å²) in [5.74, 6) is -0.805. The molecule has 0 unspecified atom stereocenters. The Balaban J connectivity index is 1.52. The summed E-state index contributed by atoms with van der Waals surface area (Å²) < 4.78 is 96.6. The third kappa shape index (κ3) is 6.38. The van der Waals surface area contributed by atoms with E-state index in [0.29, 0.717) is 25.7 Å². The Hall–Kier alpha value is -0.610. The van der Waals surface area contributed by atoms with E-state index in [1.165, 1.54) is 0 Å². The van der Waals surface area contributed by atoms with Gasteiger partial charge in [0.2, 0.25) is 0 Å². The molecule has 0 radical (unpaired) electrons. The highest BCUT2D eigenvalue weighted by Gasteiger charge is 2.43. The van der Waals surface area contributed by atoms with Crippen LogP contribution in [0.3, 0.4) is 0 Å². The molecule has 0 aromatic rings. The summed E-state index contributed by atoms with van der Waals surface area (Å²) in [7, 11) is -13.0. The summed E-state index contributed by atoms with van der Waals surface area (Å²) in [6, 6.07) is -1.78. The van der Waals surface area contributed by atoms with Gasteiger partial charge in [0.1, 0.15) is 0 Å². The summed E-state index contributed by atoms with van der Waals surface area (Å²) in [6.45, 7) is -0.286. The summed E-state index contributed by atoms with van der Waals surface area (Å²) in [6.07, 6.45) is 1.32. The number of rotatable bonds is 8. The van der Waals surface area contributed by atoms with E-state index in [-0.39, 0.29) is 64.9 Å². The number of carbonyl (C=O) groups is 1. The second-order valence-electron chi connectivity index (χ2n) is 10.1. The van der Waals surface area contributed by atoms with Crippen molar-refractivity contribution >= 4 is 45.1 Å². The van der Waals surface area contributed by atoms with Gasteiger partial charge in [-0.05, 0) is 25.7 Å². The first-order chi connectivity index (χ1) is 15.6. The van der Waals surface area contributed by atoms with E-state index < -0.39 is 63.5 Å². The number of sulfone groups is 4. The van der Waals surface area contributed by atoms with Crippen molar-refractivity contribution in [1.29, 1.82) is 0 Å². The van der Waals surface area contributed by atoms with Gasteiger partial charge in [-0.25, -0.2) is 33.7 Å². The number of hydrogen-bond acceptors (Lipinski definition) is 11. The molecule has 0 bridgehead atoms. The Morgan fingerprint density at radius 1 is 0.500 bits per heavy atom. The molecule has 0 amide bonds. The summed E-state index contributed by atoms with van der Waals surface area (Å²) in [5.41, 5.74) is 0. The first-order valence-electron chi connectivity index (χ1n) is 11.5. The van der Waals surface area contributed by atoms with Crippen LogP contribution in [0.4, 0.5) is 0 Å². The molecule has 0 aromatic carbocycles. The van der Waals surface area contributed by atoms with Gasteiger partial charge in [-0.3, -0.25) is 14.6 Å². The highest BCUT2D eigenvalue weighted by Crippen LogP contribution is 2.28. The van der Waals surface area contributed by atoms with Gasteiger partial charge in [0.05, 0.1) is 59.1 Å². The van der Waals surface area contributed by atoms with Crippen LogP contribution in [0.2, 0.25) is 0 Å². The molecule has 0 saturated carbocycles. The third-order valence-electron chi connectivity index (χ3n) is 7.43. The summed E-state index contributed by atoms with van der Waals surface area (Å²) in [4.78, 5) is 16.7. The lowest BCUT2D eigenvalue weighted by atomic mass is 10.1. The molecule has 34 heavy (non-hydrogen) atoms. The van der Waals surface area contributed by atoms with Crippen LogP contribution >= 0.6 is 0 Å². The van der Waals surface area contributed by atoms with Crippen LogP contribution in [0.25, 0.3) is 0 Å². The number of ketones is 1. The molecule has 0 aliphatic carbocycles. The van der Waals surface area contributed by atoms with Crippen LogP contribution in [-0.2, 0) is 44.1 Å². The van der Waals surface area contributed by atoms with Gasteiger partial charge in [0, 0.05) is 24.2 Å². The average Bonchev–Trinajstić information content (AvgIpc) is 3.44. The zero-order valence-corrected chi connectivity index (χ0v) is 22.2. The summed E-state index contributed by atoms with van der Waals surface area (Å²) in [5, 5.41) is 0. The predicted molar refractivity (Wildman–Crippen MR) is 127 cm³/mol. The monoisotopic (exact) mass is 560 g/mol. The minimum Gasteiger partial charge on any atom is -0.297 e. The van der Waals surface area contributed by atoms with Gasteiger partial charge in [-0.1, -0.05) is 0 Å². The molecular formula is C19H32N2O9S4. The Kier molecular flexibility index (Phi) is 7.28. The van der Waals surface area contributed by atoms with Crippen molar-refractivity contribution in [2.24, 2.45) is 0 Å². The Bertz CT molecular complexity index is 1060. The molecule has 0 aromatic heterocycles. The van der Waals surface area contributed by atoms with Gasteiger partial charge in [-0.2, -0.15) is 0 Å². The normalized spacial score (nSPS) is 35.8. The molecule has 4 atom stereocenters. The fourth-order valence-electron chi connectivity index (χ4n) is 5.72. The summed E-state index contributed by atoms with van der Waals surface area (Å²) >= 11 is 0. The number of Topliss-reactive ketones (excluding diaryl/α,β-unsaturated/α-hetero) is 1. The van der Waals surface area contributed by atoms with E-state index in [9.17, 15) is 38.5 Å². The van der Waals surface area contributed by atoms with Crippen molar-refractivity contribution in [2.75, 3.05) is 59.1 Å². The zero-order chi connectivity index (χ0) is 24.9. The quantitative estimate of drug-likeness (QED) is 0.320. The topological polar surface area (TPSA) is 160 Å². The van der Waals surface area contributed by atoms with Crippen molar-refractivity contribution in [3.05, 3.63) is 0 Å². The average molecular weight is 561 g/mol. The van der Waals surface area contributed by atoms with Crippen LogP contribution in [0, 0.1) is 0 Å². The van der Waals surface area contributed by atoms with Gasteiger partial charge in [0.15, 0.2) is 45.1 Å². The molecule has 196 valence electrons. The van der Waals surface area contributed by atoms with Crippen molar-refractivity contribution in [1.82, 2.24) is 9.80 Å². The van der Waals surface area contributed by atoms with Gasteiger partial charge in [0.25, 0.3) is 0 Å². The smallest absolute Gasteiger partial charge is 0.160 e. The SMILES string of the molecule is O=C(CN([C@@H]1CCS(=O)(=O)C1)[C@@H]1CCS(=O)(=O)C1)CN([C@H]1CCS(=O)(=O)C1)[C@H]1CCS(=O)(=O)C1. The van der Waals surface area contributed by atoms with Gasteiger partial charge in [-0.15, -0.1) is 0 Å². The third-order valence-corrected chi connectivity index (χ3v) is 14.4. The van der Waals surface area contributed by atoms with Crippen LogP contribution < -0.4 is 0 Å². The zero-order valence-electron chi connectivity index (χ0n) is 18.9. The minimum absolute atomic E-state index is 0.00613. The molecule has 4 fully saturated rings. The molecule has 0 spiro atoms. The maximum atomic E-state index is 13.3. The minimum atomic E-state index is -3.26. The molecule has 4 aliphatic rings. The highest BCUT2D eigenvalue weighted by atomic mass is 32.2. The molecule has 4 aliphatic heterocycles. The maximum absolute atomic E-state index is 13.3. The molecular weight excluding hydrogens is 528 g/mol. The molecule has 11 nitrogen and oxygen atoms in total. The van der Waals surface area contributed by atoms with E-state index in [2.05, 4.69) is 0 Å². The van der Waals surface area contributed by atoms with Crippen molar-refractivity contribution in [3.63, 3.8) is 0 Å². The first-order valence-corrected chi connectivity index (χ1v) is 18.8. The lowest BCUT2D eigenvalue weighted by Gasteiger charge is -2.35. The lowest BCUT2D eigenvalue weighted by molar-refractivity contribution is -0.123. The second-order valence-corrected chi connectivity index (χ2v) is 19.0. The molecule has 15 heteroatoms. The van der Waals surface area contributed by atoms with Crippen molar-refractivity contribution in [2.45, 2.75) is 49.9 Å². The van der Waals surface area contributed by atoms with Crippen LogP contribution in [0.15, 0.2) is 0 Å². The fraction of sp³-hybridized carbons (Fsp3) is 0.947. The second kappa shape index (κ2) is 9.36. The van der Waals surface area contributed by atoms with Crippen molar-refractivity contribution < 1.29 is 38.5 Å². The predicted octanol–water partition coefficient (Wildman–Crippen LogP) is -2.09. The van der Waals surface area contributed by atoms with E-state index in [4.69, 9.17) is 0 Å². The Labute approximate surface area is 201 Å². The first kappa shape index (κ1) is 26.5. The lowest BCUT2D eigenvalue weighted by Crippen LogP contribution is -2.52. The molecule has 0 N–H and O–H groups in total. The fourth-order valence-corrected chi connectivity index (χ4v) is 12.7. The van der Waals surface area contributed by atoms with Crippen LogP contribution in [-0.4, -0.2) is 133 Å². The van der Waals surface area contributed by atoms with E-state index >= 15 is 0 Å². The number of carbonyl (C=O) groups excluding carboxylic acids is 1. The largest absolute Gasteiger partial charge is 0.297 e. The van der Waals surface area contributed by atoms with E-state index in [0.717, 1.165) is 0 Å². The Morgan fingerprint density at radius 3 is 0.912 bits per heavy atom. The van der Waals surface area contributed by atoms with Gasteiger partial charge < -0.3 is 0 Å². The standard InChI is InChI=1S/C19H32N2O9S4/c22-19(9-20(15-1-5-31(23,24)11-15)16-2-6-32(25,26)12-16)10-21(17-3-7-33(27,28)13-17)18-4-8-34(29,30)14-18/h15-18H,1-14H2/t15-,16-,17+,18+. The molecule has 4 saturated heterocycles. The van der Waals surface area contributed by atoms with Crippen LogP contribution in [0.1, 0.15) is 25.7 Å². The maximum Gasteiger partial charge on any atom is 0.160 e. The Morgan fingerprint density at radius 2 is 0.735 bits per heavy atom.